The van der Waals surface area contributed by atoms with Crippen molar-refractivity contribution in [2.24, 2.45) is 0 Å². The van der Waals surface area contributed by atoms with Crippen LogP contribution in [0.15, 0.2) is 103 Å². The van der Waals surface area contributed by atoms with Crippen LogP contribution in [0.2, 0.25) is 0 Å². The molecule has 1 amide bonds. The highest BCUT2D eigenvalue weighted by molar-refractivity contribution is 6.47. The molecule has 1 aliphatic rings. The molecule has 0 unspecified atom stereocenters. The number of nitrogens with zero attached hydrogens (tertiary/aromatic N) is 4. The first kappa shape index (κ1) is 25.2. The Morgan fingerprint density at radius 1 is 0.825 bits per heavy atom. The minimum absolute atomic E-state index is 0.292. The number of aromatic nitrogens is 2. The lowest BCUT2D eigenvalue weighted by molar-refractivity contribution is -0.112. The minimum Gasteiger partial charge on any atom is -0.495 e. The van der Waals surface area contributed by atoms with Crippen molar-refractivity contribution in [3.8, 4) is 16.9 Å². The van der Waals surface area contributed by atoms with Gasteiger partial charge in [-0.1, -0.05) is 36.4 Å². The number of pyridine rings is 2. The van der Waals surface area contributed by atoms with Gasteiger partial charge in [-0.3, -0.25) is 9.59 Å². The number of hydrogen-bond acceptors (Lipinski definition) is 6. The summed E-state index contributed by atoms with van der Waals surface area (Å²) in [5.41, 5.74) is 4.27. The van der Waals surface area contributed by atoms with Gasteiger partial charge < -0.3 is 24.3 Å². The normalized spacial score (nSPS) is 13.3. The van der Waals surface area contributed by atoms with Crippen molar-refractivity contribution in [2.75, 3.05) is 48.4 Å². The van der Waals surface area contributed by atoms with Crippen LogP contribution in [0.25, 0.3) is 16.6 Å². The molecule has 8 heteroatoms. The number of carbonyl (C=O) groups excluding carboxylic acids is 2. The SMILES string of the molecule is COc1ccc2cc(-c3ccccc3)c(C(=O)C(=O)Nc3ccc(N4CCN(c5ccccn5)CC4)cc3)n2c1. The molecule has 0 aliphatic carbocycles. The van der Waals surface area contributed by atoms with E-state index in [1.165, 1.54) is 0 Å². The maximum atomic E-state index is 13.6. The van der Waals surface area contributed by atoms with E-state index in [0.29, 0.717) is 22.7 Å². The standard InChI is InChI=1S/C32H29N5O3/c1-40-27-15-14-26-21-28(23-7-3-2-4-8-23)30(37(26)22-27)31(38)32(39)34-24-10-12-25(13-11-24)35-17-19-36(20-18-35)29-9-5-6-16-33-29/h2-16,21-22H,17-20H2,1H3,(H,34,39). The third-order valence-corrected chi connectivity index (χ3v) is 7.23. The average Bonchev–Trinajstić information content (AvgIpc) is 3.40. The Kier molecular flexibility index (Phi) is 6.89. The predicted molar refractivity (Wildman–Crippen MR) is 157 cm³/mol. The van der Waals surface area contributed by atoms with Crippen LogP contribution in [0.1, 0.15) is 10.5 Å². The first-order chi connectivity index (χ1) is 19.6. The van der Waals surface area contributed by atoms with E-state index >= 15 is 0 Å². The smallest absolute Gasteiger partial charge is 0.298 e. The number of ether oxygens (including phenoxy) is 1. The fourth-order valence-corrected chi connectivity index (χ4v) is 5.13. The Balaban J connectivity index is 1.18. The molecule has 0 bridgehead atoms. The summed E-state index contributed by atoms with van der Waals surface area (Å²) in [6, 6.07) is 28.8. The Bertz CT molecular complexity index is 1640. The van der Waals surface area contributed by atoms with E-state index in [-0.39, 0.29) is 0 Å². The number of carbonyl (C=O) groups is 2. The van der Waals surface area contributed by atoms with Crippen molar-refractivity contribution in [1.82, 2.24) is 9.38 Å². The van der Waals surface area contributed by atoms with Crippen molar-refractivity contribution in [1.29, 1.82) is 0 Å². The first-order valence-corrected chi connectivity index (χ1v) is 13.2. The summed E-state index contributed by atoms with van der Waals surface area (Å²) in [5, 5.41) is 2.79. The van der Waals surface area contributed by atoms with Gasteiger partial charge in [-0.25, -0.2) is 4.98 Å². The number of ketones is 1. The molecule has 3 aromatic heterocycles. The van der Waals surface area contributed by atoms with Gasteiger partial charge in [0.15, 0.2) is 0 Å². The van der Waals surface area contributed by atoms with Gasteiger partial charge in [-0.05, 0) is 60.2 Å². The van der Waals surface area contributed by atoms with Gasteiger partial charge >= 0.3 is 0 Å². The van der Waals surface area contributed by atoms with Crippen molar-refractivity contribution in [2.45, 2.75) is 0 Å². The van der Waals surface area contributed by atoms with Crippen molar-refractivity contribution >= 4 is 34.4 Å². The number of Topliss-reactive ketones (excluding diaryl/α,β-unsaturated/α-hetero) is 1. The summed E-state index contributed by atoms with van der Waals surface area (Å²) in [6.45, 7) is 3.50. The number of fused-ring (bicyclic) bond motifs is 1. The van der Waals surface area contributed by atoms with Crippen LogP contribution >= 0.6 is 0 Å². The number of anilines is 3. The summed E-state index contributed by atoms with van der Waals surface area (Å²) < 4.78 is 7.09. The Morgan fingerprint density at radius 2 is 1.55 bits per heavy atom. The Morgan fingerprint density at radius 3 is 2.25 bits per heavy atom. The molecule has 0 saturated carbocycles. The molecule has 2 aromatic carbocycles. The molecular weight excluding hydrogens is 502 g/mol. The van der Waals surface area contributed by atoms with Crippen molar-refractivity contribution in [3.63, 3.8) is 0 Å². The van der Waals surface area contributed by atoms with Crippen LogP contribution in [0.4, 0.5) is 17.2 Å². The van der Waals surface area contributed by atoms with Gasteiger partial charge in [0.05, 0.1) is 13.3 Å². The van der Waals surface area contributed by atoms with Crippen molar-refractivity contribution in [3.05, 3.63) is 109 Å². The predicted octanol–water partition coefficient (Wildman–Crippen LogP) is 5.16. The lowest BCUT2D eigenvalue weighted by Crippen LogP contribution is -2.46. The summed E-state index contributed by atoms with van der Waals surface area (Å²) in [4.78, 5) is 35.8. The van der Waals surface area contributed by atoms with Gasteiger partial charge in [0.1, 0.15) is 17.3 Å². The summed E-state index contributed by atoms with van der Waals surface area (Å²) in [6.07, 6.45) is 3.54. The van der Waals surface area contributed by atoms with Gasteiger partial charge in [0.25, 0.3) is 11.7 Å². The van der Waals surface area contributed by atoms with E-state index in [9.17, 15) is 9.59 Å². The molecule has 40 heavy (non-hydrogen) atoms. The van der Waals surface area contributed by atoms with E-state index in [2.05, 4.69) is 20.1 Å². The molecule has 1 saturated heterocycles. The Hall–Kier alpha value is -5.11. The van der Waals surface area contributed by atoms with Crippen LogP contribution in [0.3, 0.4) is 0 Å². The zero-order valence-corrected chi connectivity index (χ0v) is 22.2. The van der Waals surface area contributed by atoms with E-state index in [4.69, 9.17) is 4.74 Å². The lowest BCUT2D eigenvalue weighted by Gasteiger charge is -2.36. The number of piperazine rings is 1. The van der Waals surface area contributed by atoms with Gasteiger partial charge in [0.2, 0.25) is 0 Å². The molecule has 4 heterocycles. The second-order valence-corrected chi connectivity index (χ2v) is 9.63. The maximum Gasteiger partial charge on any atom is 0.298 e. The van der Waals surface area contributed by atoms with E-state index in [0.717, 1.165) is 48.8 Å². The second kappa shape index (κ2) is 10.9. The molecule has 1 aliphatic heterocycles. The number of amides is 1. The fraction of sp³-hybridized carbons (Fsp3) is 0.156. The van der Waals surface area contributed by atoms with E-state index < -0.39 is 11.7 Å². The fourth-order valence-electron chi connectivity index (χ4n) is 5.13. The topological polar surface area (TPSA) is 79.2 Å². The molecule has 0 spiro atoms. The minimum atomic E-state index is -0.697. The van der Waals surface area contributed by atoms with Crippen LogP contribution in [-0.4, -0.2) is 54.4 Å². The Labute approximate surface area is 232 Å². The average molecular weight is 532 g/mol. The summed E-state index contributed by atoms with van der Waals surface area (Å²) >= 11 is 0. The van der Waals surface area contributed by atoms with E-state index in [1.54, 1.807) is 17.7 Å². The van der Waals surface area contributed by atoms with Crippen molar-refractivity contribution < 1.29 is 14.3 Å². The zero-order valence-electron chi connectivity index (χ0n) is 22.2. The number of rotatable bonds is 7. The quantitative estimate of drug-likeness (QED) is 0.231. The number of hydrogen-bond donors (Lipinski definition) is 1. The molecule has 1 N–H and O–H groups in total. The van der Waals surface area contributed by atoms with E-state index in [1.807, 2.05) is 97.2 Å². The molecule has 8 nitrogen and oxygen atoms in total. The number of nitrogens with one attached hydrogen (secondary N) is 1. The molecule has 0 atom stereocenters. The third kappa shape index (κ3) is 4.99. The second-order valence-electron chi connectivity index (χ2n) is 9.63. The monoisotopic (exact) mass is 531 g/mol. The molecular formula is C32H29N5O3. The highest BCUT2D eigenvalue weighted by Gasteiger charge is 2.25. The van der Waals surface area contributed by atoms with Gasteiger partial charge in [-0.15, -0.1) is 0 Å². The lowest BCUT2D eigenvalue weighted by atomic mass is 10.0. The summed E-state index contributed by atoms with van der Waals surface area (Å²) in [7, 11) is 1.57. The molecule has 0 radical (unpaired) electrons. The molecule has 6 rings (SSSR count). The number of methoxy groups -OCH3 is 1. The van der Waals surface area contributed by atoms with Crippen LogP contribution < -0.4 is 19.9 Å². The van der Waals surface area contributed by atoms with Gasteiger partial charge in [0, 0.05) is 54.8 Å². The highest BCUT2D eigenvalue weighted by atomic mass is 16.5. The van der Waals surface area contributed by atoms with Gasteiger partial charge in [-0.2, -0.15) is 0 Å². The highest BCUT2D eigenvalue weighted by Crippen LogP contribution is 2.30. The zero-order chi connectivity index (χ0) is 27.5. The van der Waals surface area contributed by atoms with Crippen LogP contribution in [-0.2, 0) is 4.79 Å². The van der Waals surface area contributed by atoms with Crippen LogP contribution in [0, 0.1) is 0 Å². The first-order valence-electron chi connectivity index (χ1n) is 13.2. The molecule has 1 fully saturated rings. The maximum absolute atomic E-state index is 13.6. The largest absolute Gasteiger partial charge is 0.495 e. The number of benzene rings is 2. The molecule has 5 aromatic rings. The van der Waals surface area contributed by atoms with Crippen LogP contribution in [0.5, 0.6) is 5.75 Å². The molecule has 200 valence electrons. The third-order valence-electron chi connectivity index (χ3n) is 7.23. The summed E-state index contributed by atoms with van der Waals surface area (Å²) in [5.74, 6) is 0.265.